The molecule has 96 valence electrons. The van der Waals surface area contributed by atoms with Gasteiger partial charge in [0.05, 0.1) is 12.1 Å². The largest absolute Gasteiger partial charge is 0.419 e. The smallest absolute Gasteiger partial charge is 0.331 e. The number of benzene rings is 1. The number of amides is 1. The Labute approximate surface area is 101 Å². The van der Waals surface area contributed by atoms with Gasteiger partial charge >= 0.3 is 6.18 Å². The van der Waals surface area contributed by atoms with Crippen LogP contribution in [0.1, 0.15) is 15.9 Å². The molecule has 0 aromatic heterocycles. The second-order valence-corrected chi connectivity index (χ2v) is 3.56. The SMILES string of the molecule is C#CCN(C)C(=O)c1ccc(F)c(C(F)(F)F)c1. The van der Waals surface area contributed by atoms with E-state index in [4.69, 9.17) is 6.42 Å². The van der Waals surface area contributed by atoms with Crippen LogP contribution in [0.25, 0.3) is 0 Å². The third-order valence-corrected chi connectivity index (χ3v) is 2.19. The molecule has 2 nitrogen and oxygen atoms in total. The lowest BCUT2D eigenvalue weighted by molar-refractivity contribution is -0.140. The van der Waals surface area contributed by atoms with Gasteiger partial charge in [-0.15, -0.1) is 6.42 Å². The molecule has 0 spiro atoms. The maximum absolute atomic E-state index is 13.0. The number of nitrogens with zero attached hydrogens (tertiary/aromatic N) is 1. The molecule has 0 heterocycles. The molecule has 18 heavy (non-hydrogen) atoms. The second-order valence-electron chi connectivity index (χ2n) is 3.56. The van der Waals surface area contributed by atoms with Crippen LogP contribution in [-0.4, -0.2) is 24.4 Å². The van der Waals surface area contributed by atoms with Gasteiger partial charge in [0.1, 0.15) is 5.82 Å². The number of alkyl halides is 3. The molecule has 1 amide bonds. The molecule has 0 aliphatic heterocycles. The first-order valence-corrected chi connectivity index (χ1v) is 4.83. The van der Waals surface area contributed by atoms with Crippen LogP contribution in [0.4, 0.5) is 17.6 Å². The van der Waals surface area contributed by atoms with Gasteiger partial charge in [0.15, 0.2) is 0 Å². The molecule has 1 aromatic rings. The summed E-state index contributed by atoms with van der Waals surface area (Å²) >= 11 is 0. The van der Waals surface area contributed by atoms with E-state index in [0.717, 1.165) is 11.0 Å². The van der Waals surface area contributed by atoms with Gasteiger partial charge in [-0.05, 0) is 18.2 Å². The van der Waals surface area contributed by atoms with Crippen molar-refractivity contribution in [3.63, 3.8) is 0 Å². The number of carbonyl (C=O) groups is 1. The Morgan fingerprint density at radius 2 is 2.06 bits per heavy atom. The summed E-state index contributed by atoms with van der Waals surface area (Å²) in [4.78, 5) is 12.7. The van der Waals surface area contributed by atoms with E-state index in [0.29, 0.717) is 12.1 Å². The number of rotatable bonds is 2. The molecule has 0 N–H and O–H groups in total. The molecule has 1 aromatic carbocycles. The van der Waals surface area contributed by atoms with Crippen molar-refractivity contribution in [2.24, 2.45) is 0 Å². The highest BCUT2D eigenvalue weighted by molar-refractivity contribution is 5.94. The number of hydrogen-bond acceptors (Lipinski definition) is 1. The summed E-state index contributed by atoms with van der Waals surface area (Å²) in [6, 6.07) is 2.07. The third-order valence-electron chi connectivity index (χ3n) is 2.19. The van der Waals surface area contributed by atoms with Gasteiger partial charge in [0.2, 0.25) is 0 Å². The van der Waals surface area contributed by atoms with Crippen LogP contribution < -0.4 is 0 Å². The summed E-state index contributed by atoms with van der Waals surface area (Å²) in [5.74, 6) is 0.0694. The normalized spacial score (nSPS) is 10.9. The van der Waals surface area contributed by atoms with Crippen molar-refractivity contribution in [2.75, 3.05) is 13.6 Å². The van der Waals surface area contributed by atoms with E-state index in [-0.39, 0.29) is 12.1 Å². The summed E-state index contributed by atoms with van der Waals surface area (Å²) < 4.78 is 50.3. The lowest BCUT2D eigenvalue weighted by atomic mass is 10.1. The van der Waals surface area contributed by atoms with Crippen molar-refractivity contribution in [3.05, 3.63) is 35.1 Å². The summed E-state index contributed by atoms with van der Waals surface area (Å²) in [5.41, 5.74) is -1.73. The van der Waals surface area contributed by atoms with Crippen LogP contribution >= 0.6 is 0 Å². The van der Waals surface area contributed by atoms with Crippen LogP contribution in [0, 0.1) is 18.2 Å². The Balaban J connectivity index is 3.14. The maximum Gasteiger partial charge on any atom is 0.419 e. The predicted molar refractivity (Wildman–Crippen MR) is 57.2 cm³/mol. The van der Waals surface area contributed by atoms with Gasteiger partial charge in [-0.1, -0.05) is 5.92 Å². The molecule has 6 heteroatoms. The van der Waals surface area contributed by atoms with E-state index in [9.17, 15) is 22.4 Å². The minimum absolute atomic E-state index is 0.0441. The number of hydrogen-bond donors (Lipinski definition) is 0. The van der Waals surface area contributed by atoms with Crippen molar-refractivity contribution in [1.82, 2.24) is 4.90 Å². The highest BCUT2D eigenvalue weighted by atomic mass is 19.4. The molecule has 0 aliphatic rings. The lowest BCUT2D eigenvalue weighted by Crippen LogP contribution is -2.27. The fourth-order valence-corrected chi connectivity index (χ4v) is 1.30. The first-order valence-electron chi connectivity index (χ1n) is 4.83. The molecular formula is C12H9F4NO. The van der Waals surface area contributed by atoms with Crippen LogP contribution in [0.5, 0.6) is 0 Å². The fourth-order valence-electron chi connectivity index (χ4n) is 1.30. The first-order chi connectivity index (χ1) is 8.27. The number of carbonyl (C=O) groups excluding carboxylic acids is 1. The maximum atomic E-state index is 13.0. The highest BCUT2D eigenvalue weighted by Gasteiger charge is 2.34. The van der Waals surface area contributed by atoms with E-state index in [2.05, 4.69) is 5.92 Å². The Morgan fingerprint density at radius 1 is 1.44 bits per heavy atom. The Morgan fingerprint density at radius 3 is 2.56 bits per heavy atom. The molecule has 0 saturated carbocycles. The summed E-state index contributed by atoms with van der Waals surface area (Å²) in [6.45, 7) is -0.0441. The standard InChI is InChI=1S/C12H9F4NO/c1-3-6-17(2)11(18)8-4-5-10(13)9(7-8)12(14,15)16/h1,4-5,7H,6H2,2H3. The molecule has 1 rings (SSSR count). The molecule has 0 aliphatic carbocycles. The van der Waals surface area contributed by atoms with Crippen LogP contribution in [0.2, 0.25) is 0 Å². The van der Waals surface area contributed by atoms with Crippen molar-refractivity contribution in [1.29, 1.82) is 0 Å². The first kappa shape index (κ1) is 14.0. The molecule has 0 radical (unpaired) electrons. The van der Waals surface area contributed by atoms with E-state index in [1.54, 1.807) is 0 Å². The van der Waals surface area contributed by atoms with Crippen molar-refractivity contribution in [2.45, 2.75) is 6.18 Å². The molecule has 0 bridgehead atoms. The molecule has 0 fully saturated rings. The Hall–Kier alpha value is -2.03. The molecule has 0 saturated heterocycles. The zero-order valence-corrected chi connectivity index (χ0v) is 9.38. The highest BCUT2D eigenvalue weighted by Crippen LogP contribution is 2.32. The van der Waals surface area contributed by atoms with E-state index >= 15 is 0 Å². The van der Waals surface area contributed by atoms with E-state index < -0.39 is 23.5 Å². The van der Waals surface area contributed by atoms with Crippen molar-refractivity contribution in [3.8, 4) is 12.3 Å². The topological polar surface area (TPSA) is 20.3 Å². The van der Waals surface area contributed by atoms with Gasteiger partial charge in [0.25, 0.3) is 5.91 Å². The predicted octanol–water partition coefficient (Wildman–Crippen LogP) is 2.55. The van der Waals surface area contributed by atoms with Gasteiger partial charge in [-0.25, -0.2) is 4.39 Å². The van der Waals surface area contributed by atoms with Crippen molar-refractivity contribution < 1.29 is 22.4 Å². The fraction of sp³-hybridized carbons (Fsp3) is 0.250. The average Bonchev–Trinajstić information content (AvgIpc) is 2.27. The third kappa shape index (κ3) is 3.00. The quantitative estimate of drug-likeness (QED) is 0.590. The minimum Gasteiger partial charge on any atom is -0.331 e. The van der Waals surface area contributed by atoms with Crippen LogP contribution in [-0.2, 0) is 6.18 Å². The summed E-state index contributed by atoms with van der Waals surface area (Å²) in [5, 5.41) is 0. The summed E-state index contributed by atoms with van der Waals surface area (Å²) in [7, 11) is 1.35. The summed E-state index contributed by atoms with van der Waals surface area (Å²) in [6.07, 6.45) is 0.142. The van der Waals surface area contributed by atoms with E-state index in [1.165, 1.54) is 7.05 Å². The zero-order valence-electron chi connectivity index (χ0n) is 9.38. The number of halogens is 4. The molecular weight excluding hydrogens is 250 g/mol. The molecule has 0 atom stereocenters. The Bertz CT molecular complexity index is 502. The van der Waals surface area contributed by atoms with Gasteiger partial charge in [0, 0.05) is 12.6 Å². The zero-order chi connectivity index (χ0) is 13.9. The van der Waals surface area contributed by atoms with Crippen molar-refractivity contribution >= 4 is 5.91 Å². The van der Waals surface area contributed by atoms with Gasteiger partial charge in [-0.3, -0.25) is 4.79 Å². The van der Waals surface area contributed by atoms with Gasteiger partial charge in [-0.2, -0.15) is 13.2 Å². The van der Waals surface area contributed by atoms with E-state index in [1.807, 2.05) is 0 Å². The number of terminal acetylenes is 1. The van der Waals surface area contributed by atoms with Gasteiger partial charge < -0.3 is 4.90 Å². The lowest BCUT2D eigenvalue weighted by Gasteiger charge is -2.15. The second kappa shape index (κ2) is 5.08. The Kier molecular flexibility index (Phi) is 3.96. The monoisotopic (exact) mass is 259 g/mol. The minimum atomic E-state index is -4.84. The average molecular weight is 259 g/mol. The van der Waals surface area contributed by atoms with Crippen LogP contribution in [0.3, 0.4) is 0 Å². The van der Waals surface area contributed by atoms with Crippen LogP contribution in [0.15, 0.2) is 18.2 Å². The molecule has 0 unspecified atom stereocenters.